The van der Waals surface area contributed by atoms with E-state index in [-0.39, 0.29) is 5.76 Å². The van der Waals surface area contributed by atoms with Crippen molar-refractivity contribution in [3.05, 3.63) is 23.7 Å². The molecule has 6 nitrogen and oxygen atoms in total. The first-order valence-corrected chi connectivity index (χ1v) is 5.24. The van der Waals surface area contributed by atoms with Gasteiger partial charge in [0.15, 0.2) is 6.10 Å². The number of hydrogen-bond donors (Lipinski definition) is 1. The maximum atomic E-state index is 10.6. The molecule has 1 saturated heterocycles. The van der Waals surface area contributed by atoms with E-state index in [4.69, 9.17) is 19.5 Å². The van der Waals surface area contributed by atoms with E-state index < -0.39 is 12.1 Å². The Bertz CT molecular complexity index is 449. The Hall–Kier alpha value is -1.84. The normalized spacial score (nSPS) is 21.0. The van der Waals surface area contributed by atoms with Gasteiger partial charge in [-0.25, -0.2) is 4.79 Å². The Balaban J connectivity index is 1.96. The van der Waals surface area contributed by atoms with E-state index in [2.05, 4.69) is 6.07 Å². The molecule has 90 valence electrons. The van der Waals surface area contributed by atoms with Crippen LogP contribution in [0.15, 0.2) is 16.5 Å². The number of nitriles is 1. The first-order valence-electron chi connectivity index (χ1n) is 5.24. The zero-order valence-electron chi connectivity index (χ0n) is 9.13. The summed E-state index contributed by atoms with van der Waals surface area (Å²) in [5.74, 6) is -0.556. The maximum absolute atomic E-state index is 10.6. The second kappa shape index (κ2) is 4.99. The number of rotatable bonds is 3. The predicted octanol–water partition coefficient (Wildman–Crippen LogP) is 0.702. The second-order valence-electron chi connectivity index (χ2n) is 3.79. The summed E-state index contributed by atoms with van der Waals surface area (Å²) in [6.07, 6.45) is -0.419. The van der Waals surface area contributed by atoms with Crippen LogP contribution in [-0.2, 0) is 11.3 Å². The van der Waals surface area contributed by atoms with Crippen molar-refractivity contribution in [1.82, 2.24) is 4.90 Å². The van der Waals surface area contributed by atoms with Crippen LogP contribution in [0.2, 0.25) is 0 Å². The molecule has 1 aromatic rings. The number of carboxylic acid groups (broad SMARTS) is 1. The lowest BCUT2D eigenvalue weighted by Gasteiger charge is -2.28. The Morgan fingerprint density at radius 2 is 2.47 bits per heavy atom. The van der Waals surface area contributed by atoms with Gasteiger partial charge in [0.25, 0.3) is 0 Å². The molecule has 6 heteroatoms. The maximum Gasteiger partial charge on any atom is 0.371 e. The van der Waals surface area contributed by atoms with E-state index in [1.165, 1.54) is 6.07 Å². The molecule has 1 aliphatic heterocycles. The summed E-state index contributed by atoms with van der Waals surface area (Å²) in [6.45, 7) is 2.22. The summed E-state index contributed by atoms with van der Waals surface area (Å²) >= 11 is 0. The van der Waals surface area contributed by atoms with E-state index in [0.717, 1.165) is 0 Å². The van der Waals surface area contributed by atoms with Gasteiger partial charge < -0.3 is 14.3 Å². The Morgan fingerprint density at radius 1 is 1.65 bits per heavy atom. The number of carboxylic acids is 1. The van der Waals surface area contributed by atoms with Gasteiger partial charge in [0, 0.05) is 13.1 Å². The third-order valence-corrected chi connectivity index (χ3v) is 2.55. The summed E-state index contributed by atoms with van der Waals surface area (Å²) in [5, 5.41) is 17.5. The van der Waals surface area contributed by atoms with Crippen LogP contribution in [0, 0.1) is 11.3 Å². The van der Waals surface area contributed by atoms with Gasteiger partial charge in [-0.3, -0.25) is 4.90 Å². The molecule has 2 rings (SSSR count). The van der Waals surface area contributed by atoms with Crippen molar-refractivity contribution in [3.63, 3.8) is 0 Å². The molecule has 17 heavy (non-hydrogen) atoms. The first kappa shape index (κ1) is 11.6. The molecule has 0 radical (unpaired) electrons. The van der Waals surface area contributed by atoms with E-state index in [9.17, 15) is 4.79 Å². The Morgan fingerprint density at radius 3 is 3.12 bits per heavy atom. The largest absolute Gasteiger partial charge is 0.475 e. The van der Waals surface area contributed by atoms with E-state index in [1.807, 2.05) is 4.90 Å². The highest BCUT2D eigenvalue weighted by Crippen LogP contribution is 2.13. The molecule has 1 aliphatic rings. The molecular weight excluding hydrogens is 224 g/mol. The van der Waals surface area contributed by atoms with Crippen molar-refractivity contribution >= 4 is 5.97 Å². The van der Waals surface area contributed by atoms with Crippen molar-refractivity contribution in [3.8, 4) is 6.07 Å². The van der Waals surface area contributed by atoms with Gasteiger partial charge in [-0.1, -0.05) is 0 Å². The molecule has 0 spiro atoms. The van der Waals surface area contributed by atoms with Crippen molar-refractivity contribution in [2.75, 3.05) is 19.7 Å². The molecule has 0 aromatic carbocycles. The fourth-order valence-corrected chi connectivity index (χ4v) is 1.72. The Kier molecular flexibility index (Phi) is 3.42. The molecule has 2 heterocycles. The summed E-state index contributed by atoms with van der Waals surface area (Å²) < 4.78 is 10.4. The lowest BCUT2D eigenvalue weighted by atomic mass is 10.3. The molecule has 1 fully saturated rings. The van der Waals surface area contributed by atoms with Gasteiger partial charge in [-0.15, -0.1) is 0 Å². The fraction of sp³-hybridized carbons (Fsp3) is 0.455. The highest BCUT2D eigenvalue weighted by molar-refractivity contribution is 5.84. The van der Waals surface area contributed by atoms with Crippen LogP contribution in [0.4, 0.5) is 0 Å². The molecule has 0 aliphatic carbocycles. The number of hydrogen-bond acceptors (Lipinski definition) is 5. The SMILES string of the molecule is N#CC1CN(Cc2ccc(C(=O)O)o2)CCO1. The molecule has 0 bridgehead atoms. The van der Waals surface area contributed by atoms with Crippen LogP contribution in [0.5, 0.6) is 0 Å². The van der Waals surface area contributed by atoms with Crippen LogP contribution in [0.25, 0.3) is 0 Å². The quantitative estimate of drug-likeness (QED) is 0.831. The van der Waals surface area contributed by atoms with Crippen LogP contribution >= 0.6 is 0 Å². The smallest absolute Gasteiger partial charge is 0.371 e. The van der Waals surface area contributed by atoms with Crippen molar-refractivity contribution in [1.29, 1.82) is 5.26 Å². The monoisotopic (exact) mass is 236 g/mol. The highest BCUT2D eigenvalue weighted by atomic mass is 16.5. The van der Waals surface area contributed by atoms with Crippen molar-refractivity contribution in [2.24, 2.45) is 0 Å². The molecule has 0 saturated carbocycles. The predicted molar refractivity (Wildman–Crippen MR) is 56.3 cm³/mol. The highest BCUT2D eigenvalue weighted by Gasteiger charge is 2.21. The van der Waals surface area contributed by atoms with Crippen LogP contribution in [0.3, 0.4) is 0 Å². The number of carbonyl (C=O) groups is 1. The lowest BCUT2D eigenvalue weighted by molar-refractivity contribution is -0.00504. The number of furan rings is 1. The van der Waals surface area contributed by atoms with E-state index in [0.29, 0.717) is 32.0 Å². The van der Waals surface area contributed by atoms with Crippen LogP contribution < -0.4 is 0 Å². The third-order valence-electron chi connectivity index (χ3n) is 2.55. The lowest BCUT2D eigenvalue weighted by Crippen LogP contribution is -2.41. The number of morpholine rings is 1. The summed E-state index contributed by atoms with van der Waals surface area (Å²) in [7, 11) is 0. The topological polar surface area (TPSA) is 86.7 Å². The third kappa shape index (κ3) is 2.84. The van der Waals surface area contributed by atoms with Gasteiger partial charge in [-0.2, -0.15) is 5.26 Å². The second-order valence-corrected chi connectivity index (χ2v) is 3.79. The van der Waals surface area contributed by atoms with Crippen LogP contribution in [-0.4, -0.2) is 41.8 Å². The summed E-state index contributed by atoms with van der Waals surface area (Å²) in [5.41, 5.74) is 0. The van der Waals surface area contributed by atoms with Crippen molar-refractivity contribution < 1.29 is 19.1 Å². The minimum Gasteiger partial charge on any atom is -0.475 e. The average Bonchev–Trinajstić information content (AvgIpc) is 2.78. The first-order chi connectivity index (χ1) is 8.19. The molecule has 1 aromatic heterocycles. The molecule has 0 amide bonds. The number of ether oxygens (including phenoxy) is 1. The van der Waals surface area contributed by atoms with Gasteiger partial charge in [0.05, 0.1) is 19.2 Å². The van der Waals surface area contributed by atoms with Crippen molar-refractivity contribution in [2.45, 2.75) is 12.6 Å². The minimum absolute atomic E-state index is 0.0647. The minimum atomic E-state index is -1.08. The molecule has 1 unspecified atom stereocenters. The standard InChI is InChI=1S/C11H12N2O4/c12-5-9-7-13(3-4-16-9)6-8-1-2-10(17-8)11(14)15/h1-2,9H,3-4,6-7H2,(H,14,15). The zero-order chi connectivity index (χ0) is 12.3. The van der Waals surface area contributed by atoms with Gasteiger partial charge in [0.1, 0.15) is 5.76 Å². The number of nitrogens with zero attached hydrogens (tertiary/aromatic N) is 2. The van der Waals surface area contributed by atoms with Gasteiger partial charge >= 0.3 is 5.97 Å². The molecular formula is C11H12N2O4. The molecule has 1 atom stereocenters. The summed E-state index contributed by atoms with van der Waals surface area (Å²) in [6, 6.07) is 5.12. The Labute approximate surface area is 98.0 Å². The summed E-state index contributed by atoms with van der Waals surface area (Å²) in [4.78, 5) is 12.6. The van der Waals surface area contributed by atoms with E-state index >= 15 is 0 Å². The van der Waals surface area contributed by atoms with Crippen LogP contribution in [0.1, 0.15) is 16.3 Å². The fourth-order valence-electron chi connectivity index (χ4n) is 1.72. The zero-order valence-corrected chi connectivity index (χ0v) is 9.13. The van der Waals surface area contributed by atoms with Gasteiger partial charge in [0.2, 0.25) is 5.76 Å². The average molecular weight is 236 g/mol. The van der Waals surface area contributed by atoms with E-state index in [1.54, 1.807) is 6.07 Å². The number of aromatic carboxylic acids is 1. The van der Waals surface area contributed by atoms with Gasteiger partial charge in [-0.05, 0) is 12.1 Å². The molecule has 1 N–H and O–H groups in total.